The topological polar surface area (TPSA) is 110 Å². The zero-order valence-electron chi connectivity index (χ0n) is 30.9. The molecule has 3 saturated carbocycles. The van der Waals surface area contributed by atoms with E-state index < -0.39 is 5.60 Å². The van der Waals surface area contributed by atoms with Gasteiger partial charge in [0.05, 0.1) is 24.9 Å². The molecule has 2 amide bonds. The average molecular weight is 698 g/mol. The van der Waals surface area contributed by atoms with Crippen molar-refractivity contribution in [2.24, 2.45) is 11.8 Å². The van der Waals surface area contributed by atoms with Gasteiger partial charge >= 0.3 is 6.09 Å². The summed E-state index contributed by atoms with van der Waals surface area (Å²) in [5, 5.41) is 14.9. The molecule has 1 N–H and O–H groups in total. The SMILES string of the molecule is COc1ccc(C2CCC(CN(C(=O)C3CCC(OC(=O)N4CCC(C)(O)CC4)CC3)c3cc(-c4cnn(C5CC5)c4)cc(C)n3)CC2)cc1C. The molecule has 4 aliphatic rings. The van der Waals surface area contributed by atoms with E-state index in [0.717, 1.165) is 54.1 Å². The van der Waals surface area contributed by atoms with Crippen molar-refractivity contribution in [3.63, 3.8) is 0 Å². The average Bonchev–Trinajstić information content (AvgIpc) is 3.86. The van der Waals surface area contributed by atoms with Crippen LogP contribution in [0.1, 0.15) is 113 Å². The van der Waals surface area contributed by atoms with E-state index in [1.54, 1.807) is 12.0 Å². The molecule has 274 valence electrons. The number of nitrogens with zero attached hydrogens (tertiary/aromatic N) is 5. The van der Waals surface area contributed by atoms with E-state index in [1.807, 2.05) is 24.9 Å². The number of hydrogen-bond acceptors (Lipinski definition) is 7. The van der Waals surface area contributed by atoms with Crippen LogP contribution in [0, 0.1) is 25.7 Å². The molecule has 2 aromatic heterocycles. The lowest BCUT2D eigenvalue weighted by atomic mass is 9.78. The normalized spacial score (nSPS) is 24.9. The molecule has 0 atom stereocenters. The Labute approximate surface area is 302 Å². The van der Waals surface area contributed by atoms with Crippen molar-refractivity contribution in [3.8, 4) is 16.9 Å². The fraction of sp³-hybridized carbons (Fsp3) is 0.610. The van der Waals surface area contributed by atoms with E-state index in [4.69, 9.17) is 14.5 Å². The maximum absolute atomic E-state index is 14.6. The first kappa shape index (κ1) is 35.5. The fourth-order valence-electron chi connectivity index (χ4n) is 8.41. The third-order valence-corrected chi connectivity index (χ3v) is 11.9. The Kier molecular flexibility index (Phi) is 10.4. The molecule has 1 saturated heterocycles. The first-order chi connectivity index (χ1) is 24.5. The molecule has 4 fully saturated rings. The van der Waals surface area contributed by atoms with Crippen LogP contribution in [-0.4, -0.2) is 75.2 Å². The fourth-order valence-corrected chi connectivity index (χ4v) is 8.41. The summed E-state index contributed by atoms with van der Waals surface area (Å²) in [6.07, 6.45) is 14.0. The van der Waals surface area contributed by atoms with E-state index >= 15 is 0 Å². The number of carbonyl (C=O) groups is 2. The molecule has 7 rings (SSSR count). The van der Waals surface area contributed by atoms with Crippen molar-refractivity contribution in [1.29, 1.82) is 0 Å². The lowest BCUT2D eigenvalue weighted by molar-refractivity contribution is -0.124. The predicted octanol–water partition coefficient (Wildman–Crippen LogP) is 7.75. The highest BCUT2D eigenvalue weighted by Crippen LogP contribution is 2.40. The number of benzene rings is 1. The third-order valence-electron chi connectivity index (χ3n) is 11.9. The summed E-state index contributed by atoms with van der Waals surface area (Å²) in [4.78, 5) is 36.2. The summed E-state index contributed by atoms with van der Waals surface area (Å²) < 4.78 is 13.5. The summed E-state index contributed by atoms with van der Waals surface area (Å²) in [6, 6.07) is 11.2. The van der Waals surface area contributed by atoms with Gasteiger partial charge in [-0.05, 0) is 145 Å². The van der Waals surface area contributed by atoms with Crippen LogP contribution < -0.4 is 9.64 Å². The van der Waals surface area contributed by atoms with Gasteiger partial charge in [-0.1, -0.05) is 12.1 Å². The van der Waals surface area contributed by atoms with Crippen LogP contribution in [-0.2, 0) is 9.53 Å². The van der Waals surface area contributed by atoms with Crippen LogP contribution in [0.15, 0.2) is 42.7 Å². The Hall–Kier alpha value is -3.92. The summed E-state index contributed by atoms with van der Waals surface area (Å²) in [7, 11) is 1.72. The lowest BCUT2D eigenvalue weighted by Crippen LogP contribution is -2.46. The molecule has 10 nitrogen and oxygen atoms in total. The molecule has 0 bridgehead atoms. The molecule has 3 aliphatic carbocycles. The number of carbonyl (C=O) groups excluding carboxylic acids is 2. The second-order valence-corrected chi connectivity index (χ2v) is 16.0. The van der Waals surface area contributed by atoms with Crippen LogP contribution in [0.25, 0.3) is 11.1 Å². The number of rotatable bonds is 9. The van der Waals surface area contributed by atoms with Crippen molar-refractivity contribution >= 4 is 17.8 Å². The molecule has 1 aromatic carbocycles. The largest absolute Gasteiger partial charge is 0.496 e. The highest BCUT2D eigenvalue weighted by Gasteiger charge is 2.36. The Bertz CT molecular complexity index is 1690. The maximum atomic E-state index is 14.6. The van der Waals surface area contributed by atoms with E-state index in [0.29, 0.717) is 76.0 Å². The van der Waals surface area contributed by atoms with Crippen LogP contribution in [0.3, 0.4) is 0 Å². The van der Waals surface area contributed by atoms with Crippen LogP contribution >= 0.6 is 0 Å². The van der Waals surface area contributed by atoms with E-state index in [2.05, 4.69) is 53.2 Å². The van der Waals surface area contributed by atoms with Crippen LogP contribution in [0.4, 0.5) is 10.6 Å². The number of hydrogen-bond donors (Lipinski definition) is 1. The van der Waals surface area contributed by atoms with E-state index in [1.165, 1.54) is 24.0 Å². The number of methoxy groups -OCH3 is 1. The number of ether oxygens (including phenoxy) is 2. The predicted molar refractivity (Wildman–Crippen MR) is 197 cm³/mol. The Balaban J connectivity index is 1.04. The minimum atomic E-state index is -0.721. The molecule has 3 heterocycles. The summed E-state index contributed by atoms with van der Waals surface area (Å²) in [6.45, 7) is 7.59. The molecule has 0 spiro atoms. The van der Waals surface area contributed by atoms with Crippen LogP contribution in [0.5, 0.6) is 5.75 Å². The van der Waals surface area contributed by atoms with Gasteiger partial charge in [0, 0.05) is 43.0 Å². The zero-order valence-corrected chi connectivity index (χ0v) is 30.9. The van der Waals surface area contributed by atoms with Gasteiger partial charge in [-0.2, -0.15) is 5.10 Å². The minimum Gasteiger partial charge on any atom is -0.496 e. The Morgan fingerprint density at radius 2 is 1.67 bits per heavy atom. The standard InChI is InChI=1S/C41H55N5O5/c1-27-21-32(11-16-37(27)50-4)30-7-5-29(6-8-30)25-45(38-23-33(22-28(2)43-38)34-24-42-46(26-34)35-12-13-35)39(47)31-9-14-36(15-10-31)51-40(48)44-19-17-41(3,49)18-20-44/h11,16,21-24,26,29-31,35-36,49H,5-10,12-15,17-20,25H2,1-4H3. The monoisotopic (exact) mass is 697 g/mol. The quantitative estimate of drug-likeness (QED) is 0.244. The molecule has 0 radical (unpaired) electrons. The molecule has 0 unspecified atom stereocenters. The second-order valence-electron chi connectivity index (χ2n) is 16.0. The molecule has 1 aliphatic heterocycles. The van der Waals surface area contributed by atoms with Gasteiger partial charge < -0.3 is 19.5 Å². The van der Waals surface area contributed by atoms with Gasteiger partial charge in [0.15, 0.2) is 0 Å². The number of aliphatic hydroxyl groups is 1. The highest BCUT2D eigenvalue weighted by molar-refractivity contribution is 5.95. The molecule has 10 heteroatoms. The summed E-state index contributed by atoms with van der Waals surface area (Å²) in [5.41, 5.74) is 4.80. The van der Waals surface area contributed by atoms with E-state index in [9.17, 15) is 14.7 Å². The molecule has 51 heavy (non-hydrogen) atoms. The van der Waals surface area contributed by atoms with Crippen molar-refractivity contribution in [2.45, 2.75) is 121 Å². The third kappa shape index (κ3) is 8.43. The van der Waals surface area contributed by atoms with Crippen molar-refractivity contribution in [3.05, 3.63) is 59.5 Å². The number of aromatic nitrogens is 3. The number of likely N-dealkylation sites (tertiary alicyclic amines) is 1. The zero-order chi connectivity index (χ0) is 35.7. The van der Waals surface area contributed by atoms with Gasteiger partial charge in [-0.15, -0.1) is 0 Å². The van der Waals surface area contributed by atoms with Gasteiger partial charge in [0.2, 0.25) is 5.91 Å². The first-order valence-electron chi connectivity index (χ1n) is 19.2. The minimum absolute atomic E-state index is 0.128. The van der Waals surface area contributed by atoms with Crippen molar-refractivity contribution < 1.29 is 24.2 Å². The summed E-state index contributed by atoms with van der Waals surface area (Å²) in [5.74, 6) is 2.52. The second kappa shape index (κ2) is 15.0. The lowest BCUT2D eigenvalue weighted by Gasteiger charge is -2.37. The maximum Gasteiger partial charge on any atom is 0.410 e. The highest BCUT2D eigenvalue weighted by atomic mass is 16.6. The number of aryl methyl sites for hydroxylation is 2. The molecular formula is C41H55N5O5. The first-order valence-corrected chi connectivity index (χ1v) is 19.2. The summed E-state index contributed by atoms with van der Waals surface area (Å²) >= 11 is 0. The van der Waals surface area contributed by atoms with E-state index in [-0.39, 0.29) is 24.0 Å². The van der Waals surface area contributed by atoms with Crippen molar-refractivity contribution in [2.75, 3.05) is 31.6 Å². The Morgan fingerprint density at radius 1 is 0.941 bits per heavy atom. The number of amides is 2. The smallest absolute Gasteiger partial charge is 0.410 e. The van der Waals surface area contributed by atoms with Gasteiger partial charge in [0.25, 0.3) is 0 Å². The van der Waals surface area contributed by atoms with Crippen molar-refractivity contribution in [1.82, 2.24) is 19.7 Å². The number of pyridine rings is 1. The van der Waals surface area contributed by atoms with Gasteiger partial charge in [-0.3, -0.25) is 14.4 Å². The van der Waals surface area contributed by atoms with Crippen LogP contribution in [0.2, 0.25) is 0 Å². The van der Waals surface area contributed by atoms with Gasteiger partial charge in [-0.25, -0.2) is 9.78 Å². The van der Waals surface area contributed by atoms with Gasteiger partial charge in [0.1, 0.15) is 17.7 Å². The number of piperidine rings is 1. The Morgan fingerprint density at radius 3 is 2.33 bits per heavy atom. The number of anilines is 1. The molecule has 3 aromatic rings. The molecular weight excluding hydrogens is 642 g/mol.